The van der Waals surface area contributed by atoms with Crippen molar-refractivity contribution in [2.24, 2.45) is 0 Å². The van der Waals surface area contributed by atoms with E-state index < -0.39 is 12.3 Å². The van der Waals surface area contributed by atoms with E-state index in [0.29, 0.717) is 6.42 Å². The molecule has 1 fully saturated rings. The zero-order chi connectivity index (χ0) is 6.85. The van der Waals surface area contributed by atoms with Gasteiger partial charge < -0.3 is 59.7 Å². The van der Waals surface area contributed by atoms with Gasteiger partial charge in [-0.25, -0.2) is 0 Å². The SMILES string of the molecule is COC(=O)[C@@H]1CC(O)[N-]1.[CH3-].[CH3-].[CH3-].[CH3-].[CH3-].[CH3-].[Rh+3].[Rh]. The second-order valence-corrected chi connectivity index (χ2v) is 1.90. The molecule has 1 rings (SSSR count). The first-order valence-electron chi connectivity index (χ1n) is 2.70. The van der Waals surface area contributed by atoms with Crippen LogP contribution in [0.4, 0.5) is 0 Å². The van der Waals surface area contributed by atoms with E-state index in [1.54, 1.807) is 0 Å². The zero-order valence-corrected chi connectivity index (χ0v) is 15.0. The predicted octanol–water partition coefficient (Wildman–Crippen LogP) is 2.32. The van der Waals surface area contributed by atoms with Crippen LogP contribution >= 0.6 is 0 Å². The number of hydrogen-bond donors (Lipinski definition) is 1. The minimum atomic E-state index is -0.644. The summed E-state index contributed by atoms with van der Waals surface area (Å²) >= 11 is 0. The Kier molecular flexibility index (Phi) is 78.8. The van der Waals surface area contributed by atoms with Crippen molar-refractivity contribution < 1.29 is 53.6 Å². The van der Waals surface area contributed by atoms with Crippen molar-refractivity contribution >= 4 is 5.97 Å². The Hall–Kier alpha value is 0.637. The van der Waals surface area contributed by atoms with Gasteiger partial charge in [-0.2, -0.15) is 0 Å². The van der Waals surface area contributed by atoms with Crippen LogP contribution in [-0.2, 0) is 48.5 Å². The van der Waals surface area contributed by atoms with E-state index in [1.807, 2.05) is 0 Å². The number of aliphatic hydroxyl groups is 1. The van der Waals surface area contributed by atoms with Crippen LogP contribution in [-0.4, -0.2) is 30.5 Å². The number of carbonyl (C=O) groups is 1. The van der Waals surface area contributed by atoms with Crippen molar-refractivity contribution in [3.05, 3.63) is 49.9 Å². The molecule has 1 saturated heterocycles. The third kappa shape index (κ3) is 16.6. The molecule has 0 saturated carbocycles. The van der Waals surface area contributed by atoms with Gasteiger partial charge in [0.25, 0.3) is 5.97 Å². The van der Waals surface area contributed by atoms with E-state index in [9.17, 15) is 4.79 Å². The van der Waals surface area contributed by atoms with Crippen LogP contribution in [0.2, 0.25) is 0 Å². The summed E-state index contributed by atoms with van der Waals surface area (Å²) in [5.74, 6) is -0.361. The molecule has 0 aliphatic carbocycles. The third-order valence-corrected chi connectivity index (χ3v) is 1.26. The molecule has 0 amide bonds. The Labute approximate surface area is 135 Å². The molecule has 0 spiro atoms. The quantitative estimate of drug-likeness (QED) is 0.398. The van der Waals surface area contributed by atoms with E-state index in [1.165, 1.54) is 7.11 Å². The van der Waals surface area contributed by atoms with Gasteiger partial charge in [0.05, 0.1) is 7.11 Å². The molecule has 6 heteroatoms. The summed E-state index contributed by atoms with van der Waals surface area (Å²) in [7, 11) is 1.31. The Bertz CT molecular complexity index is 132. The molecule has 0 aromatic rings. The molecular formula is C11H26NO3Rh2-4. The predicted molar refractivity (Wildman–Crippen MR) is 68.3 cm³/mol. The third-order valence-electron chi connectivity index (χ3n) is 1.26. The summed E-state index contributed by atoms with van der Waals surface area (Å²) in [4.78, 5) is 10.5. The fourth-order valence-corrected chi connectivity index (χ4v) is 0.684. The number of nitrogens with zero attached hydrogens (tertiary/aromatic N) is 1. The Balaban J connectivity index is -0.0000000169. The van der Waals surface area contributed by atoms with Gasteiger partial charge in [-0.15, -0.1) is 0 Å². The minimum absolute atomic E-state index is 0. The minimum Gasteiger partial charge on any atom is -0.625 e. The van der Waals surface area contributed by atoms with Crippen LogP contribution in [0.1, 0.15) is 6.42 Å². The number of hydrogen-bond acceptors (Lipinski definition) is 3. The van der Waals surface area contributed by atoms with Gasteiger partial charge >= 0.3 is 19.5 Å². The van der Waals surface area contributed by atoms with Crippen molar-refractivity contribution in [1.29, 1.82) is 0 Å². The van der Waals surface area contributed by atoms with Crippen LogP contribution in [0.5, 0.6) is 0 Å². The molecule has 1 unspecified atom stereocenters. The van der Waals surface area contributed by atoms with Gasteiger partial charge in [0.15, 0.2) is 0 Å². The maximum atomic E-state index is 10.5. The van der Waals surface area contributed by atoms with Gasteiger partial charge in [0.1, 0.15) is 0 Å². The van der Waals surface area contributed by atoms with Crippen molar-refractivity contribution in [3.63, 3.8) is 0 Å². The van der Waals surface area contributed by atoms with Crippen molar-refractivity contribution in [2.45, 2.75) is 18.7 Å². The molecule has 4 nitrogen and oxygen atoms in total. The van der Waals surface area contributed by atoms with Crippen molar-refractivity contribution in [3.8, 4) is 0 Å². The standard InChI is InChI=1S/C5H8NO3.6CH3.2Rh/c1-9-5(8)3-2-4(7)6-3;;;;;;;;/h3-4,7H,2H2,1H3;6*1H3;;/q7*-1;;+3/t3-,4?;;;;;;;;/m0......../s1. The van der Waals surface area contributed by atoms with Gasteiger partial charge in [-0.05, 0) is 12.3 Å². The summed E-state index contributed by atoms with van der Waals surface area (Å²) in [5, 5.41) is 12.2. The van der Waals surface area contributed by atoms with Crippen LogP contribution in [0.25, 0.3) is 5.32 Å². The molecule has 1 heterocycles. The average Bonchev–Trinajstić information content (AvgIpc) is 1.79. The Morgan fingerprint density at radius 2 is 1.47 bits per heavy atom. The van der Waals surface area contributed by atoms with E-state index in [-0.39, 0.29) is 89.5 Å². The first-order valence-corrected chi connectivity index (χ1v) is 2.70. The molecule has 1 N–H and O–H groups in total. The summed E-state index contributed by atoms with van der Waals surface area (Å²) in [6.45, 7) is 0. The molecule has 0 bridgehead atoms. The average molecular weight is 426 g/mol. The topological polar surface area (TPSA) is 60.6 Å². The summed E-state index contributed by atoms with van der Waals surface area (Å²) in [5.41, 5.74) is 0. The van der Waals surface area contributed by atoms with Gasteiger partial charge in [0.2, 0.25) is 0 Å². The largest absolute Gasteiger partial charge is 3.00 e. The van der Waals surface area contributed by atoms with Crippen LogP contribution < -0.4 is 0 Å². The smallest absolute Gasteiger partial charge is 0.625 e. The van der Waals surface area contributed by atoms with Crippen molar-refractivity contribution in [1.82, 2.24) is 0 Å². The molecule has 17 heavy (non-hydrogen) atoms. The number of aliphatic hydroxyl groups excluding tert-OH is 1. The molecular weight excluding hydrogens is 400 g/mol. The summed E-state index contributed by atoms with van der Waals surface area (Å²) in [6, 6.07) is -0.412. The summed E-state index contributed by atoms with van der Waals surface area (Å²) < 4.78 is 4.36. The first kappa shape index (κ1) is 52.6. The summed E-state index contributed by atoms with van der Waals surface area (Å²) in [6.07, 6.45) is -0.235. The molecule has 0 aromatic carbocycles. The molecule has 1 radical (unpaired) electrons. The van der Waals surface area contributed by atoms with E-state index in [4.69, 9.17) is 5.11 Å². The molecule has 1 aliphatic heterocycles. The maximum Gasteiger partial charge on any atom is 3.00 e. The van der Waals surface area contributed by atoms with E-state index in [0.717, 1.165) is 0 Å². The Morgan fingerprint density at radius 3 is 1.65 bits per heavy atom. The van der Waals surface area contributed by atoms with Gasteiger partial charge in [0, 0.05) is 19.5 Å². The van der Waals surface area contributed by atoms with Crippen LogP contribution in [0.3, 0.4) is 0 Å². The second kappa shape index (κ2) is 25.5. The van der Waals surface area contributed by atoms with E-state index >= 15 is 0 Å². The molecule has 115 valence electrons. The van der Waals surface area contributed by atoms with Crippen molar-refractivity contribution in [2.75, 3.05) is 7.11 Å². The molecule has 0 aromatic heterocycles. The molecule has 1 aliphatic rings. The number of rotatable bonds is 1. The van der Waals surface area contributed by atoms with E-state index in [2.05, 4.69) is 10.1 Å². The first-order chi connectivity index (χ1) is 4.24. The maximum absolute atomic E-state index is 10.5. The van der Waals surface area contributed by atoms with Crippen LogP contribution in [0, 0.1) is 44.6 Å². The Morgan fingerprint density at radius 1 is 1.18 bits per heavy atom. The second-order valence-electron chi connectivity index (χ2n) is 1.90. The zero-order valence-electron chi connectivity index (χ0n) is 11.7. The van der Waals surface area contributed by atoms with Gasteiger partial charge in [-0.3, -0.25) is 4.79 Å². The molecule has 2 atom stereocenters. The number of carbonyl (C=O) groups excluding carboxylic acids is 1. The monoisotopic (exact) mass is 426 g/mol. The normalized spacial score (nSPS) is 17.5. The number of esters is 1. The fourth-order valence-electron chi connectivity index (χ4n) is 0.684. The number of methoxy groups -OCH3 is 1. The van der Waals surface area contributed by atoms with Gasteiger partial charge in [-0.1, -0.05) is 6.42 Å². The fraction of sp³-hybridized carbons (Fsp3) is 0.364. The number of ether oxygens (including phenoxy) is 1. The van der Waals surface area contributed by atoms with Crippen LogP contribution in [0.15, 0.2) is 0 Å².